The fraction of sp³-hybridized carbons (Fsp3) is 0.167. The van der Waals surface area contributed by atoms with Crippen LogP contribution in [0.3, 0.4) is 0 Å². The molecule has 1 aromatic carbocycles. The molecule has 0 aliphatic heterocycles. The minimum absolute atomic E-state index is 0.0717. The van der Waals surface area contributed by atoms with E-state index >= 15 is 0 Å². The van der Waals surface area contributed by atoms with Gasteiger partial charge in [0.15, 0.2) is 6.79 Å². The van der Waals surface area contributed by atoms with Crippen molar-refractivity contribution in [1.29, 1.82) is 0 Å². The van der Waals surface area contributed by atoms with Crippen LogP contribution in [0.5, 0.6) is 11.5 Å². The van der Waals surface area contributed by atoms with Gasteiger partial charge in [0, 0.05) is 6.08 Å². The molecule has 1 aromatic rings. The Bertz CT molecular complexity index is 423. The SMILES string of the molecule is C=CC(=O)OCOCC(=O)Oc1ccc(O)cc1. The van der Waals surface area contributed by atoms with Crippen molar-refractivity contribution in [2.24, 2.45) is 0 Å². The maximum Gasteiger partial charge on any atom is 0.337 e. The molecule has 0 atom stereocenters. The van der Waals surface area contributed by atoms with E-state index in [1.165, 1.54) is 24.3 Å². The van der Waals surface area contributed by atoms with Crippen LogP contribution in [0.2, 0.25) is 0 Å². The van der Waals surface area contributed by atoms with Crippen LogP contribution in [-0.4, -0.2) is 30.4 Å². The van der Waals surface area contributed by atoms with Crippen molar-refractivity contribution < 1.29 is 28.9 Å². The first-order valence-corrected chi connectivity index (χ1v) is 4.98. The van der Waals surface area contributed by atoms with Gasteiger partial charge in [-0.3, -0.25) is 0 Å². The third kappa shape index (κ3) is 5.13. The van der Waals surface area contributed by atoms with Crippen LogP contribution in [0.15, 0.2) is 36.9 Å². The number of carbonyl (C=O) groups is 2. The van der Waals surface area contributed by atoms with Gasteiger partial charge in [-0.2, -0.15) is 0 Å². The molecule has 0 heterocycles. The molecule has 0 aromatic heterocycles. The second-order valence-corrected chi connectivity index (χ2v) is 3.10. The number of aromatic hydroxyl groups is 1. The van der Waals surface area contributed by atoms with Crippen LogP contribution in [-0.2, 0) is 19.1 Å². The smallest absolute Gasteiger partial charge is 0.337 e. The van der Waals surface area contributed by atoms with Crippen molar-refractivity contribution in [3.05, 3.63) is 36.9 Å². The van der Waals surface area contributed by atoms with E-state index in [0.717, 1.165) is 6.08 Å². The molecule has 1 N–H and O–H groups in total. The van der Waals surface area contributed by atoms with Crippen LogP contribution in [0.1, 0.15) is 0 Å². The van der Waals surface area contributed by atoms with Crippen LogP contribution in [0.25, 0.3) is 0 Å². The Kier molecular flexibility index (Phi) is 5.40. The number of phenols is 1. The molecule has 6 nitrogen and oxygen atoms in total. The standard InChI is InChI=1S/C12H12O6/c1-2-11(14)17-8-16-7-12(15)18-10-5-3-9(13)4-6-10/h2-6,13H,1,7-8H2. The molecular weight excluding hydrogens is 240 g/mol. The number of carbonyl (C=O) groups excluding carboxylic acids is 2. The lowest BCUT2D eigenvalue weighted by atomic mass is 10.3. The molecule has 0 radical (unpaired) electrons. The summed E-state index contributed by atoms with van der Waals surface area (Å²) in [4.78, 5) is 21.9. The topological polar surface area (TPSA) is 82.1 Å². The minimum Gasteiger partial charge on any atom is -0.508 e. The lowest BCUT2D eigenvalue weighted by molar-refractivity contribution is -0.157. The molecule has 0 saturated carbocycles. The van der Waals surface area contributed by atoms with Crippen molar-refractivity contribution in [2.75, 3.05) is 13.4 Å². The average molecular weight is 252 g/mol. The van der Waals surface area contributed by atoms with Gasteiger partial charge in [0.1, 0.15) is 18.1 Å². The van der Waals surface area contributed by atoms with Crippen molar-refractivity contribution in [2.45, 2.75) is 0 Å². The van der Waals surface area contributed by atoms with Gasteiger partial charge < -0.3 is 19.3 Å². The minimum atomic E-state index is -0.643. The highest BCUT2D eigenvalue weighted by Crippen LogP contribution is 2.15. The highest BCUT2D eigenvalue weighted by Gasteiger charge is 2.05. The van der Waals surface area contributed by atoms with Crippen molar-refractivity contribution >= 4 is 11.9 Å². The van der Waals surface area contributed by atoms with E-state index in [1.807, 2.05) is 0 Å². The normalized spacial score (nSPS) is 9.56. The van der Waals surface area contributed by atoms with Gasteiger partial charge in [-0.1, -0.05) is 6.58 Å². The van der Waals surface area contributed by atoms with E-state index in [-0.39, 0.29) is 24.9 Å². The molecule has 0 bridgehead atoms. The molecule has 1 rings (SSSR count). The van der Waals surface area contributed by atoms with Gasteiger partial charge in [0.25, 0.3) is 0 Å². The molecule has 96 valence electrons. The van der Waals surface area contributed by atoms with Crippen molar-refractivity contribution in [1.82, 2.24) is 0 Å². The molecule has 0 spiro atoms. The predicted molar refractivity (Wildman–Crippen MR) is 60.8 cm³/mol. The summed E-state index contributed by atoms with van der Waals surface area (Å²) in [6.07, 6.45) is 0.984. The molecule has 0 aliphatic carbocycles. The zero-order chi connectivity index (χ0) is 13.4. The number of hydrogen-bond acceptors (Lipinski definition) is 6. The number of phenolic OH excluding ortho intramolecular Hbond substituents is 1. The highest BCUT2D eigenvalue weighted by molar-refractivity contribution is 5.81. The van der Waals surface area contributed by atoms with Gasteiger partial charge >= 0.3 is 11.9 Å². The van der Waals surface area contributed by atoms with Gasteiger partial charge in [-0.25, -0.2) is 9.59 Å². The van der Waals surface area contributed by atoms with Gasteiger partial charge in [-0.15, -0.1) is 0 Å². The second-order valence-electron chi connectivity index (χ2n) is 3.10. The second kappa shape index (κ2) is 7.08. The lowest BCUT2D eigenvalue weighted by Gasteiger charge is -2.05. The molecule has 18 heavy (non-hydrogen) atoms. The zero-order valence-corrected chi connectivity index (χ0v) is 9.50. The van der Waals surface area contributed by atoms with Crippen LogP contribution in [0.4, 0.5) is 0 Å². The third-order valence-electron chi connectivity index (χ3n) is 1.74. The first kappa shape index (κ1) is 13.7. The first-order valence-electron chi connectivity index (χ1n) is 4.98. The number of esters is 2. The van der Waals surface area contributed by atoms with Crippen LogP contribution < -0.4 is 4.74 Å². The van der Waals surface area contributed by atoms with E-state index in [1.54, 1.807) is 0 Å². The van der Waals surface area contributed by atoms with Gasteiger partial charge in [0.2, 0.25) is 0 Å². The van der Waals surface area contributed by atoms with Gasteiger partial charge in [0.05, 0.1) is 0 Å². The zero-order valence-electron chi connectivity index (χ0n) is 9.50. The summed E-state index contributed by atoms with van der Waals surface area (Å²) >= 11 is 0. The van der Waals surface area contributed by atoms with E-state index in [2.05, 4.69) is 11.3 Å². The van der Waals surface area contributed by atoms with Crippen molar-refractivity contribution in [3.63, 3.8) is 0 Å². The number of ether oxygens (including phenoxy) is 3. The largest absolute Gasteiger partial charge is 0.508 e. The molecular formula is C12H12O6. The summed E-state index contributed by atoms with van der Waals surface area (Å²) in [6, 6.07) is 5.64. The number of hydrogen-bond donors (Lipinski definition) is 1. The lowest BCUT2D eigenvalue weighted by Crippen LogP contribution is -2.17. The van der Waals surface area contributed by atoms with E-state index in [4.69, 9.17) is 14.6 Å². The fourth-order valence-electron chi connectivity index (χ4n) is 0.959. The highest BCUT2D eigenvalue weighted by atomic mass is 16.7. The Morgan fingerprint density at radius 3 is 2.56 bits per heavy atom. The van der Waals surface area contributed by atoms with Crippen LogP contribution >= 0.6 is 0 Å². The maximum atomic E-state index is 11.2. The summed E-state index contributed by atoms with van der Waals surface area (Å²) in [7, 11) is 0. The molecule has 0 amide bonds. The summed E-state index contributed by atoms with van der Waals surface area (Å²) in [5.74, 6) is -0.927. The first-order chi connectivity index (χ1) is 8.61. The molecule has 6 heteroatoms. The molecule has 0 saturated heterocycles. The predicted octanol–water partition coefficient (Wildman–Crippen LogP) is 1.00. The number of rotatable bonds is 6. The quantitative estimate of drug-likeness (QED) is 0.267. The average Bonchev–Trinajstić information content (AvgIpc) is 2.37. The Morgan fingerprint density at radius 1 is 1.28 bits per heavy atom. The maximum absolute atomic E-state index is 11.2. The summed E-state index contributed by atoms with van der Waals surface area (Å²) < 4.78 is 14.1. The van der Waals surface area contributed by atoms with Crippen LogP contribution in [0, 0.1) is 0 Å². The molecule has 0 fully saturated rings. The van der Waals surface area contributed by atoms with Crippen molar-refractivity contribution in [3.8, 4) is 11.5 Å². The Hall–Kier alpha value is -2.34. The van der Waals surface area contributed by atoms with Gasteiger partial charge in [-0.05, 0) is 24.3 Å². The fourth-order valence-corrected chi connectivity index (χ4v) is 0.959. The summed E-state index contributed by atoms with van der Waals surface area (Å²) in [6.45, 7) is 2.49. The Labute approximate surface area is 103 Å². The Morgan fingerprint density at radius 2 is 1.94 bits per heavy atom. The Balaban J connectivity index is 2.23. The molecule has 0 aliphatic rings. The molecule has 0 unspecified atom stereocenters. The summed E-state index contributed by atoms with van der Waals surface area (Å²) in [5, 5.41) is 9.02. The third-order valence-corrected chi connectivity index (χ3v) is 1.74. The van der Waals surface area contributed by atoms with E-state index < -0.39 is 11.9 Å². The summed E-state index contributed by atoms with van der Waals surface area (Å²) in [5.41, 5.74) is 0. The van der Waals surface area contributed by atoms with E-state index in [9.17, 15) is 9.59 Å². The number of benzene rings is 1. The monoisotopic (exact) mass is 252 g/mol. The van der Waals surface area contributed by atoms with E-state index in [0.29, 0.717) is 0 Å².